The van der Waals surface area contributed by atoms with E-state index < -0.39 is 10.7 Å². The van der Waals surface area contributed by atoms with Gasteiger partial charge in [-0.3, -0.25) is 9.62 Å². The maximum atomic E-state index is 14.8. The summed E-state index contributed by atoms with van der Waals surface area (Å²) in [7, 11) is 1.39. The number of piperidine rings is 1. The zero-order valence-corrected chi connectivity index (χ0v) is 21.9. The van der Waals surface area contributed by atoms with Gasteiger partial charge in [0, 0.05) is 41.0 Å². The lowest BCUT2D eigenvalue weighted by molar-refractivity contribution is 0.221. The van der Waals surface area contributed by atoms with Crippen molar-refractivity contribution in [2.45, 2.75) is 63.4 Å². The van der Waals surface area contributed by atoms with Crippen LogP contribution in [0.15, 0.2) is 41.8 Å². The Morgan fingerprint density at radius 1 is 1.18 bits per heavy atom. The van der Waals surface area contributed by atoms with Gasteiger partial charge in [-0.1, -0.05) is 53.6 Å². The van der Waals surface area contributed by atoms with E-state index in [0.717, 1.165) is 57.5 Å². The average Bonchev–Trinajstić information content (AvgIpc) is 2.81. The smallest absolute Gasteiger partial charge is 0.127 e. The number of benzene rings is 2. The van der Waals surface area contributed by atoms with E-state index in [-0.39, 0.29) is 17.8 Å². The summed E-state index contributed by atoms with van der Waals surface area (Å²) in [6.07, 6.45) is 5.64. The van der Waals surface area contributed by atoms with Gasteiger partial charge in [0.05, 0.1) is 5.69 Å². The molecule has 3 atom stereocenters. The molecule has 1 saturated heterocycles. The number of hydrogen-bond acceptors (Lipinski definition) is 3. The van der Waals surface area contributed by atoms with Crippen molar-refractivity contribution in [1.82, 2.24) is 9.62 Å². The number of hydrogen-bond donors (Lipinski definition) is 2. The van der Waals surface area contributed by atoms with Gasteiger partial charge >= 0.3 is 0 Å². The molecule has 2 aromatic carbocycles. The maximum Gasteiger partial charge on any atom is 0.127 e. The van der Waals surface area contributed by atoms with E-state index in [2.05, 4.69) is 27.4 Å². The van der Waals surface area contributed by atoms with Crippen molar-refractivity contribution in [1.29, 1.82) is 0 Å². The molecule has 1 fully saturated rings. The molecule has 2 aromatic rings. The van der Waals surface area contributed by atoms with Crippen LogP contribution in [0.5, 0.6) is 0 Å². The van der Waals surface area contributed by atoms with E-state index in [0.29, 0.717) is 0 Å². The first-order valence-electron chi connectivity index (χ1n) is 11.7. The third-order valence-corrected chi connectivity index (χ3v) is 8.60. The highest BCUT2D eigenvalue weighted by Gasteiger charge is 2.24. The standard InChI is InChI=1S/C27H37ClFN3S/c1-7-24(20(4)26-19(3)18(2)11-13-23(26)29)31-33(6)25-14-12-22(28)21(27(25)30-5)17-32-15-9-8-10-16-32/h7,11-14,20,24,30-31H,1,6,8-10,15-17H2,2-5H3. The minimum atomic E-state index is -0.546. The highest BCUT2D eigenvalue weighted by molar-refractivity contribution is 8.12. The lowest BCUT2D eigenvalue weighted by Crippen LogP contribution is -2.30. The van der Waals surface area contributed by atoms with Gasteiger partial charge in [0.15, 0.2) is 0 Å². The topological polar surface area (TPSA) is 27.3 Å². The van der Waals surface area contributed by atoms with Crippen molar-refractivity contribution >= 4 is 33.8 Å². The number of nitrogens with one attached hydrogen (secondary N) is 2. The van der Waals surface area contributed by atoms with Gasteiger partial charge in [-0.15, -0.1) is 6.58 Å². The van der Waals surface area contributed by atoms with E-state index >= 15 is 0 Å². The molecule has 0 amide bonds. The van der Waals surface area contributed by atoms with E-state index in [4.69, 9.17) is 11.6 Å². The minimum Gasteiger partial charge on any atom is -0.387 e. The van der Waals surface area contributed by atoms with Crippen LogP contribution >= 0.6 is 22.3 Å². The van der Waals surface area contributed by atoms with E-state index in [1.165, 1.54) is 19.3 Å². The predicted octanol–water partition coefficient (Wildman–Crippen LogP) is 7.05. The van der Waals surface area contributed by atoms with Crippen LogP contribution in [0.4, 0.5) is 10.1 Å². The molecule has 0 spiro atoms. The second-order valence-electron chi connectivity index (χ2n) is 8.95. The Bertz CT molecular complexity index is 1020. The van der Waals surface area contributed by atoms with Crippen LogP contribution in [-0.2, 0) is 6.54 Å². The van der Waals surface area contributed by atoms with E-state index in [1.807, 2.05) is 52.1 Å². The Labute approximate surface area is 206 Å². The maximum absolute atomic E-state index is 14.8. The highest BCUT2D eigenvalue weighted by Crippen LogP contribution is 2.38. The summed E-state index contributed by atoms with van der Waals surface area (Å²) in [5.74, 6) is 4.18. The summed E-state index contributed by atoms with van der Waals surface area (Å²) in [6, 6.07) is 7.27. The fourth-order valence-corrected chi connectivity index (χ4v) is 6.38. The molecule has 1 aliphatic rings. The van der Waals surface area contributed by atoms with Crippen LogP contribution in [0.1, 0.15) is 54.4 Å². The largest absolute Gasteiger partial charge is 0.387 e. The van der Waals surface area contributed by atoms with Crippen LogP contribution in [0.3, 0.4) is 0 Å². The first kappa shape index (κ1) is 26.0. The van der Waals surface area contributed by atoms with Gasteiger partial charge < -0.3 is 5.32 Å². The second kappa shape index (κ2) is 11.7. The van der Waals surface area contributed by atoms with Crippen molar-refractivity contribution in [3.8, 4) is 0 Å². The molecule has 0 saturated carbocycles. The Morgan fingerprint density at radius 2 is 1.88 bits per heavy atom. The normalized spacial score (nSPS) is 17.4. The fourth-order valence-electron chi connectivity index (χ4n) is 4.70. The molecule has 180 valence electrons. The summed E-state index contributed by atoms with van der Waals surface area (Å²) in [6.45, 7) is 13.1. The lowest BCUT2D eigenvalue weighted by Gasteiger charge is -2.30. The van der Waals surface area contributed by atoms with Gasteiger partial charge in [0.1, 0.15) is 5.82 Å². The van der Waals surface area contributed by atoms with Crippen molar-refractivity contribution < 1.29 is 4.39 Å². The van der Waals surface area contributed by atoms with Crippen molar-refractivity contribution in [2.75, 3.05) is 25.5 Å². The molecule has 33 heavy (non-hydrogen) atoms. The van der Waals surface area contributed by atoms with Gasteiger partial charge in [-0.25, -0.2) is 4.39 Å². The van der Waals surface area contributed by atoms with E-state index in [1.54, 1.807) is 6.07 Å². The number of aryl methyl sites for hydroxylation is 1. The SMILES string of the molecule is C=CC(NS(=C)c1ccc(Cl)c(CN2CCCCC2)c1NC)C(C)c1c(F)ccc(C)c1C. The highest BCUT2D eigenvalue weighted by atomic mass is 35.5. The van der Waals surface area contributed by atoms with Crippen molar-refractivity contribution in [3.05, 3.63) is 70.0 Å². The van der Waals surface area contributed by atoms with E-state index in [9.17, 15) is 4.39 Å². The molecule has 3 nitrogen and oxygen atoms in total. The third-order valence-electron chi connectivity index (χ3n) is 6.82. The number of anilines is 1. The van der Waals surface area contributed by atoms with Gasteiger partial charge in [0.25, 0.3) is 0 Å². The molecule has 0 bridgehead atoms. The molecular weight excluding hydrogens is 453 g/mol. The predicted molar refractivity (Wildman–Crippen MR) is 145 cm³/mol. The van der Waals surface area contributed by atoms with Gasteiger partial charge in [-0.2, -0.15) is 0 Å². The molecule has 6 heteroatoms. The summed E-state index contributed by atoms with van der Waals surface area (Å²) in [5.41, 5.74) is 4.97. The molecule has 0 aliphatic carbocycles. The second-order valence-corrected chi connectivity index (χ2v) is 10.8. The monoisotopic (exact) mass is 489 g/mol. The zero-order valence-electron chi connectivity index (χ0n) is 20.3. The van der Waals surface area contributed by atoms with Gasteiger partial charge in [-0.05, 0) is 74.7 Å². The Morgan fingerprint density at radius 3 is 2.52 bits per heavy atom. The molecule has 3 rings (SSSR count). The van der Waals surface area contributed by atoms with Crippen LogP contribution in [0.25, 0.3) is 0 Å². The molecule has 0 aromatic heterocycles. The fraction of sp³-hybridized carbons (Fsp3) is 0.444. The lowest BCUT2D eigenvalue weighted by atomic mass is 9.88. The Hall–Kier alpha value is -1.66. The number of likely N-dealkylation sites (tertiary alicyclic amines) is 1. The number of halogens is 2. The summed E-state index contributed by atoms with van der Waals surface area (Å²) < 4.78 is 18.4. The Kier molecular flexibility index (Phi) is 9.17. The van der Waals surface area contributed by atoms with Gasteiger partial charge in [0.2, 0.25) is 0 Å². The Balaban J connectivity index is 1.87. The quantitative estimate of drug-likeness (QED) is 0.292. The van der Waals surface area contributed by atoms with Crippen molar-refractivity contribution in [3.63, 3.8) is 0 Å². The molecule has 3 unspecified atom stereocenters. The summed E-state index contributed by atoms with van der Waals surface area (Å²) in [4.78, 5) is 3.55. The number of rotatable bonds is 9. The summed E-state index contributed by atoms with van der Waals surface area (Å²) in [5, 5.41) is 4.16. The first-order valence-corrected chi connectivity index (χ1v) is 13.4. The molecule has 1 heterocycles. The summed E-state index contributed by atoms with van der Waals surface area (Å²) >= 11 is 6.65. The third kappa shape index (κ3) is 5.89. The van der Waals surface area contributed by atoms with Crippen LogP contribution < -0.4 is 10.0 Å². The van der Waals surface area contributed by atoms with Crippen molar-refractivity contribution in [2.24, 2.45) is 0 Å². The first-order chi connectivity index (χ1) is 15.8. The van der Waals surface area contributed by atoms with Crippen LogP contribution in [0.2, 0.25) is 5.02 Å². The molecular formula is C27H37ClFN3S. The number of nitrogens with zero attached hydrogens (tertiary/aromatic N) is 1. The minimum absolute atomic E-state index is 0.0858. The average molecular weight is 490 g/mol. The van der Waals surface area contributed by atoms with Crippen LogP contribution in [-0.4, -0.2) is 36.9 Å². The molecule has 2 N–H and O–H groups in total. The van der Waals surface area contributed by atoms with Crippen LogP contribution in [0, 0.1) is 19.7 Å². The molecule has 1 aliphatic heterocycles. The zero-order chi connectivity index (χ0) is 24.1. The molecule has 0 radical (unpaired) electrons.